The molecule has 0 amide bonds. The van der Waals surface area contributed by atoms with Crippen LogP contribution in [0.4, 0.5) is 0 Å². The average Bonchev–Trinajstić information content (AvgIpc) is 3.03. The number of hydrogen-bond donors (Lipinski definition) is 0. The minimum atomic E-state index is 0.298. The summed E-state index contributed by atoms with van der Waals surface area (Å²) in [5.74, 6) is 6.23. The fourth-order valence-corrected chi connectivity index (χ4v) is 6.76. The van der Waals surface area contributed by atoms with Crippen LogP contribution in [0.25, 0.3) is 0 Å². The standard InChI is InChI=1S/C18H26O/c1-10(2)15(19)9-18(3)8-13-7-14(18)17-12-5-4-11(6-12)16(13)17/h11-14,16-17H,1,4-9H2,2-3H3. The predicted octanol–water partition coefficient (Wildman–Crippen LogP) is 4.23. The van der Waals surface area contributed by atoms with Gasteiger partial charge >= 0.3 is 0 Å². The summed E-state index contributed by atoms with van der Waals surface area (Å²) in [6.45, 7) is 8.12. The molecule has 4 aliphatic carbocycles. The molecule has 4 saturated carbocycles. The van der Waals surface area contributed by atoms with E-state index in [1.165, 1.54) is 32.1 Å². The summed E-state index contributed by atoms with van der Waals surface area (Å²) in [5.41, 5.74) is 1.06. The number of Topliss-reactive ketones (excluding diaryl/α,β-unsaturated/α-hetero) is 1. The van der Waals surface area contributed by atoms with Crippen molar-refractivity contribution in [3.63, 3.8) is 0 Å². The van der Waals surface area contributed by atoms with E-state index in [9.17, 15) is 4.79 Å². The van der Waals surface area contributed by atoms with Crippen LogP contribution in [0.1, 0.15) is 52.4 Å². The van der Waals surface area contributed by atoms with E-state index in [1.807, 2.05) is 6.92 Å². The molecule has 0 N–H and O–H groups in total. The van der Waals surface area contributed by atoms with Gasteiger partial charge in [0.2, 0.25) is 0 Å². The summed E-state index contributed by atoms with van der Waals surface area (Å²) in [7, 11) is 0. The SMILES string of the molecule is C=C(C)C(=O)CC1(C)CC2CC1C1C3CCC(C3)C21. The Balaban J connectivity index is 1.59. The molecule has 104 valence electrons. The van der Waals surface area contributed by atoms with Gasteiger partial charge in [0, 0.05) is 6.42 Å². The van der Waals surface area contributed by atoms with Crippen LogP contribution < -0.4 is 0 Å². The molecule has 0 spiro atoms. The first-order valence-electron chi connectivity index (χ1n) is 8.18. The molecule has 0 radical (unpaired) electrons. The molecule has 0 aromatic rings. The van der Waals surface area contributed by atoms with Crippen molar-refractivity contribution in [2.24, 2.45) is 40.9 Å². The molecule has 1 nitrogen and oxygen atoms in total. The number of hydrogen-bond acceptors (Lipinski definition) is 1. The molecule has 1 heteroatoms. The fraction of sp³-hybridized carbons (Fsp3) is 0.833. The molecule has 0 aromatic carbocycles. The summed E-state index contributed by atoms with van der Waals surface area (Å²) < 4.78 is 0. The molecular formula is C18H26O. The number of carbonyl (C=O) groups excluding carboxylic acids is 1. The fourth-order valence-electron chi connectivity index (χ4n) is 6.76. The monoisotopic (exact) mass is 258 g/mol. The van der Waals surface area contributed by atoms with Gasteiger partial charge in [-0.15, -0.1) is 0 Å². The normalized spacial score (nSPS) is 53.6. The average molecular weight is 258 g/mol. The summed E-state index contributed by atoms with van der Waals surface area (Å²) >= 11 is 0. The van der Waals surface area contributed by atoms with Gasteiger partial charge in [0.25, 0.3) is 0 Å². The van der Waals surface area contributed by atoms with E-state index >= 15 is 0 Å². The molecule has 4 bridgehead atoms. The third-order valence-corrected chi connectivity index (χ3v) is 7.28. The predicted molar refractivity (Wildman–Crippen MR) is 76.6 cm³/mol. The van der Waals surface area contributed by atoms with Gasteiger partial charge in [-0.1, -0.05) is 13.5 Å². The second kappa shape index (κ2) is 3.74. The maximum atomic E-state index is 12.1. The van der Waals surface area contributed by atoms with Crippen LogP contribution in [0.3, 0.4) is 0 Å². The summed E-state index contributed by atoms with van der Waals surface area (Å²) in [6, 6.07) is 0. The Labute approximate surface area is 116 Å². The highest BCUT2D eigenvalue weighted by atomic mass is 16.1. The lowest BCUT2D eigenvalue weighted by atomic mass is 9.60. The molecule has 7 atom stereocenters. The van der Waals surface area contributed by atoms with Gasteiger partial charge in [0.1, 0.15) is 0 Å². The van der Waals surface area contributed by atoms with Gasteiger partial charge in [0.05, 0.1) is 0 Å². The van der Waals surface area contributed by atoms with E-state index < -0.39 is 0 Å². The number of rotatable bonds is 3. The molecule has 7 unspecified atom stereocenters. The molecule has 4 rings (SSSR count). The Bertz CT molecular complexity index is 451. The van der Waals surface area contributed by atoms with Crippen molar-refractivity contribution >= 4 is 5.78 Å². The minimum Gasteiger partial charge on any atom is -0.295 e. The number of ketones is 1. The Morgan fingerprint density at radius 1 is 1.16 bits per heavy atom. The van der Waals surface area contributed by atoms with E-state index in [4.69, 9.17) is 0 Å². The summed E-state index contributed by atoms with van der Waals surface area (Å²) in [5, 5.41) is 0. The van der Waals surface area contributed by atoms with E-state index in [0.717, 1.165) is 47.5 Å². The lowest BCUT2D eigenvalue weighted by Gasteiger charge is -2.44. The zero-order valence-electron chi connectivity index (χ0n) is 12.3. The second-order valence-electron chi connectivity index (χ2n) is 8.33. The highest BCUT2D eigenvalue weighted by molar-refractivity contribution is 5.94. The first-order chi connectivity index (χ1) is 8.99. The second-order valence-corrected chi connectivity index (χ2v) is 8.33. The van der Waals surface area contributed by atoms with E-state index in [0.29, 0.717) is 11.2 Å². The van der Waals surface area contributed by atoms with Crippen LogP contribution in [0.2, 0.25) is 0 Å². The van der Waals surface area contributed by atoms with E-state index in [-0.39, 0.29) is 0 Å². The third-order valence-electron chi connectivity index (χ3n) is 7.28. The third kappa shape index (κ3) is 1.51. The van der Waals surface area contributed by atoms with Gasteiger partial charge < -0.3 is 0 Å². The minimum absolute atomic E-state index is 0.298. The molecule has 0 saturated heterocycles. The van der Waals surface area contributed by atoms with Crippen molar-refractivity contribution in [2.45, 2.75) is 52.4 Å². The first-order valence-corrected chi connectivity index (χ1v) is 8.18. The lowest BCUT2D eigenvalue weighted by Crippen LogP contribution is -2.39. The van der Waals surface area contributed by atoms with Crippen molar-refractivity contribution in [3.8, 4) is 0 Å². The molecule has 4 fully saturated rings. The highest BCUT2D eigenvalue weighted by Gasteiger charge is 2.65. The van der Waals surface area contributed by atoms with Crippen molar-refractivity contribution in [1.82, 2.24) is 0 Å². The quantitative estimate of drug-likeness (QED) is 0.547. The van der Waals surface area contributed by atoms with Gasteiger partial charge in [-0.05, 0) is 85.5 Å². The molecule has 0 heterocycles. The maximum Gasteiger partial charge on any atom is 0.158 e. The van der Waals surface area contributed by atoms with Crippen LogP contribution in [-0.4, -0.2) is 5.78 Å². The van der Waals surface area contributed by atoms with Crippen LogP contribution in [0.15, 0.2) is 12.2 Å². The van der Waals surface area contributed by atoms with Crippen LogP contribution in [0, 0.1) is 40.9 Å². The van der Waals surface area contributed by atoms with Crippen LogP contribution >= 0.6 is 0 Å². The van der Waals surface area contributed by atoms with Gasteiger partial charge in [-0.2, -0.15) is 0 Å². The largest absolute Gasteiger partial charge is 0.295 e. The lowest BCUT2D eigenvalue weighted by molar-refractivity contribution is -0.119. The number of carbonyl (C=O) groups is 1. The van der Waals surface area contributed by atoms with Gasteiger partial charge in [0.15, 0.2) is 5.78 Å². The first kappa shape index (κ1) is 12.2. The van der Waals surface area contributed by atoms with Crippen molar-refractivity contribution in [2.75, 3.05) is 0 Å². The smallest absolute Gasteiger partial charge is 0.158 e. The number of allylic oxidation sites excluding steroid dienone is 1. The van der Waals surface area contributed by atoms with Gasteiger partial charge in [-0.3, -0.25) is 4.79 Å². The zero-order valence-corrected chi connectivity index (χ0v) is 12.3. The molecule has 0 aromatic heterocycles. The Morgan fingerprint density at radius 2 is 1.84 bits per heavy atom. The van der Waals surface area contributed by atoms with Crippen molar-refractivity contribution in [1.29, 1.82) is 0 Å². The molecular weight excluding hydrogens is 232 g/mol. The van der Waals surface area contributed by atoms with Crippen LogP contribution in [-0.2, 0) is 4.79 Å². The molecule has 19 heavy (non-hydrogen) atoms. The van der Waals surface area contributed by atoms with Crippen LogP contribution in [0.5, 0.6) is 0 Å². The zero-order chi connectivity index (χ0) is 13.4. The number of fused-ring (bicyclic) bond motifs is 9. The Morgan fingerprint density at radius 3 is 2.53 bits per heavy atom. The summed E-state index contributed by atoms with van der Waals surface area (Å²) in [4.78, 5) is 12.1. The van der Waals surface area contributed by atoms with E-state index in [1.54, 1.807) is 0 Å². The van der Waals surface area contributed by atoms with Crippen molar-refractivity contribution < 1.29 is 4.79 Å². The maximum absolute atomic E-state index is 12.1. The van der Waals surface area contributed by atoms with Gasteiger partial charge in [-0.25, -0.2) is 0 Å². The molecule has 0 aliphatic heterocycles. The highest BCUT2D eigenvalue weighted by Crippen LogP contribution is 2.72. The topological polar surface area (TPSA) is 17.1 Å². The van der Waals surface area contributed by atoms with Crippen molar-refractivity contribution in [3.05, 3.63) is 12.2 Å². The van der Waals surface area contributed by atoms with E-state index in [2.05, 4.69) is 13.5 Å². The molecule has 4 aliphatic rings. The Kier molecular flexibility index (Phi) is 2.40. The summed E-state index contributed by atoms with van der Waals surface area (Å²) in [6.07, 6.45) is 8.04. The Hall–Kier alpha value is -0.590.